The predicted molar refractivity (Wildman–Crippen MR) is 62.6 cm³/mol. The Kier molecular flexibility index (Phi) is 2.01. The summed E-state index contributed by atoms with van der Waals surface area (Å²) < 4.78 is 1.61. The third kappa shape index (κ3) is 1.50. The van der Waals surface area contributed by atoms with E-state index in [-0.39, 0.29) is 5.91 Å². The molecule has 3 aromatic rings. The quantitative estimate of drug-likeness (QED) is 0.678. The lowest BCUT2D eigenvalue weighted by Crippen LogP contribution is -2.07. The summed E-state index contributed by atoms with van der Waals surface area (Å²) in [7, 11) is 0. The highest BCUT2D eigenvalue weighted by Crippen LogP contribution is 2.23. The van der Waals surface area contributed by atoms with E-state index >= 15 is 0 Å². The Balaban J connectivity index is 2.41. The summed E-state index contributed by atoms with van der Waals surface area (Å²) in [5.74, 6) is -0.123. The number of rotatable bonds is 1. The van der Waals surface area contributed by atoms with Crippen molar-refractivity contribution in [3.05, 3.63) is 30.3 Å². The number of hydrogen-bond donors (Lipinski definition) is 1. The van der Waals surface area contributed by atoms with Gasteiger partial charge in [0.25, 0.3) is 0 Å². The van der Waals surface area contributed by atoms with Crippen molar-refractivity contribution in [1.82, 2.24) is 20.0 Å². The van der Waals surface area contributed by atoms with Crippen LogP contribution in [0.2, 0.25) is 0 Å². The average Bonchev–Trinajstić information content (AvgIpc) is 2.76. The number of aromatic nitrogens is 4. The number of nitrogens with zero attached hydrogens (tertiary/aromatic N) is 4. The van der Waals surface area contributed by atoms with Gasteiger partial charge in [-0.05, 0) is 28.6 Å². The number of benzene rings is 1. The van der Waals surface area contributed by atoms with E-state index in [4.69, 9.17) is 0 Å². The van der Waals surface area contributed by atoms with E-state index in [1.54, 1.807) is 4.52 Å². The number of hydrogen-bond acceptors (Lipinski definition) is 4. The van der Waals surface area contributed by atoms with Crippen molar-refractivity contribution in [2.45, 2.75) is 6.92 Å². The third-order valence-electron chi connectivity index (χ3n) is 2.50. The number of nitrogens with one attached hydrogen (secondary N) is 1. The number of para-hydroxylation sites is 1. The molecular weight excluding hydrogens is 218 g/mol. The Morgan fingerprint density at radius 1 is 1.29 bits per heavy atom. The minimum Gasteiger partial charge on any atom is -0.324 e. The second-order valence-electron chi connectivity index (χ2n) is 3.71. The standard InChI is InChI=1S/C11H9N5O/c1-7(17)12-9-4-2-3-8-5-6-10-13-14-15-16(10)11(8)9/h2-6H,1H3,(H,12,17). The second-order valence-corrected chi connectivity index (χ2v) is 3.71. The topological polar surface area (TPSA) is 72.2 Å². The van der Waals surface area contributed by atoms with E-state index < -0.39 is 0 Å². The summed E-state index contributed by atoms with van der Waals surface area (Å²) in [6.45, 7) is 1.47. The molecule has 0 saturated carbocycles. The fourth-order valence-electron chi connectivity index (χ4n) is 1.84. The second kappa shape index (κ2) is 3.51. The molecule has 0 aliphatic carbocycles. The van der Waals surface area contributed by atoms with Crippen LogP contribution in [-0.4, -0.2) is 25.9 Å². The molecule has 0 fully saturated rings. The molecular formula is C11H9N5O. The zero-order chi connectivity index (χ0) is 11.8. The molecule has 2 heterocycles. The number of amides is 1. The molecule has 0 unspecified atom stereocenters. The van der Waals surface area contributed by atoms with Gasteiger partial charge in [-0.3, -0.25) is 4.79 Å². The van der Waals surface area contributed by atoms with E-state index in [9.17, 15) is 4.79 Å². The maximum atomic E-state index is 11.2. The molecule has 3 rings (SSSR count). The first-order chi connectivity index (χ1) is 8.25. The molecule has 6 nitrogen and oxygen atoms in total. The molecule has 0 aliphatic heterocycles. The van der Waals surface area contributed by atoms with Crippen LogP contribution in [0.15, 0.2) is 30.3 Å². The molecule has 0 atom stereocenters. The Bertz CT molecular complexity index is 718. The van der Waals surface area contributed by atoms with Gasteiger partial charge in [-0.2, -0.15) is 4.52 Å². The summed E-state index contributed by atoms with van der Waals surface area (Å²) in [6, 6.07) is 9.41. The average molecular weight is 227 g/mol. The highest BCUT2D eigenvalue weighted by molar-refractivity contribution is 6.00. The van der Waals surface area contributed by atoms with Gasteiger partial charge in [0, 0.05) is 12.3 Å². The van der Waals surface area contributed by atoms with Crippen LogP contribution in [0.5, 0.6) is 0 Å². The summed E-state index contributed by atoms with van der Waals surface area (Å²) in [5, 5.41) is 15.2. The molecule has 6 heteroatoms. The molecule has 0 spiro atoms. The minimum absolute atomic E-state index is 0.123. The highest BCUT2D eigenvalue weighted by atomic mass is 16.1. The number of fused-ring (bicyclic) bond motifs is 3. The van der Waals surface area contributed by atoms with E-state index in [2.05, 4.69) is 20.8 Å². The van der Waals surface area contributed by atoms with Gasteiger partial charge >= 0.3 is 0 Å². The van der Waals surface area contributed by atoms with Crippen molar-refractivity contribution >= 4 is 28.1 Å². The van der Waals surface area contributed by atoms with Gasteiger partial charge in [0.2, 0.25) is 5.91 Å². The number of carbonyl (C=O) groups excluding carboxylic acids is 1. The van der Waals surface area contributed by atoms with Crippen molar-refractivity contribution in [2.75, 3.05) is 5.32 Å². The van der Waals surface area contributed by atoms with Crippen molar-refractivity contribution in [3.63, 3.8) is 0 Å². The minimum atomic E-state index is -0.123. The highest BCUT2D eigenvalue weighted by Gasteiger charge is 2.08. The lowest BCUT2D eigenvalue weighted by Gasteiger charge is -2.07. The summed E-state index contributed by atoms with van der Waals surface area (Å²) in [5.41, 5.74) is 2.15. The lowest BCUT2D eigenvalue weighted by atomic mass is 10.2. The van der Waals surface area contributed by atoms with E-state index in [0.717, 1.165) is 10.9 Å². The van der Waals surface area contributed by atoms with E-state index in [1.165, 1.54) is 6.92 Å². The van der Waals surface area contributed by atoms with Crippen LogP contribution in [0, 0.1) is 0 Å². The van der Waals surface area contributed by atoms with Gasteiger partial charge in [-0.15, -0.1) is 5.10 Å². The summed E-state index contributed by atoms with van der Waals surface area (Å²) in [6.07, 6.45) is 0. The van der Waals surface area contributed by atoms with Crippen LogP contribution < -0.4 is 5.32 Å². The van der Waals surface area contributed by atoms with E-state index in [0.29, 0.717) is 11.3 Å². The molecule has 0 aliphatic rings. The number of tetrazole rings is 1. The van der Waals surface area contributed by atoms with Crippen LogP contribution >= 0.6 is 0 Å². The predicted octanol–water partition coefficient (Wildman–Crippen LogP) is 1.24. The number of carbonyl (C=O) groups is 1. The number of anilines is 1. The van der Waals surface area contributed by atoms with E-state index in [1.807, 2.05) is 30.3 Å². The van der Waals surface area contributed by atoms with Crippen LogP contribution in [0.3, 0.4) is 0 Å². The molecule has 0 radical (unpaired) electrons. The first-order valence-electron chi connectivity index (χ1n) is 5.13. The first-order valence-corrected chi connectivity index (χ1v) is 5.13. The van der Waals surface area contributed by atoms with Crippen molar-refractivity contribution in [1.29, 1.82) is 0 Å². The molecule has 1 aromatic carbocycles. The Hall–Kier alpha value is -2.50. The van der Waals surface area contributed by atoms with Gasteiger partial charge in [0.05, 0.1) is 11.2 Å². The molecule has 2 aromatic heterocycles. The SMILES string of the molecule is CC(=O)Nc1cccc2ccc3nnnn3c12. The van der Waals surface area contributed by atoms with Crippen molar-refractivity contribution in [2.24, 2.45) is 0 Å². The fourth-order valence-corrected chi connectivity index (χ4v) is 1.84. The normalized spacial score (nSPS) is 10.9. The van der Waals surface area contributed by atoms with Crippen molar-refractivity contribution < 1.29 is 4.79 Å². The fraction of sp³-hybridized carbons (Fsp3) is 0.0909. The maximum Gasteiger partial charge on any atom is 0.221 e. The molecule has 17 heavy (non-hydrogen) atoms. The monoisotopic (exact) mass is 227 g/mol. The van der Waals surface area contributed by atoms with Gasteiger partial charge in [-0.1, -0.05) is 12.1 Å². The smallest absolute Gasteiger partial charge is 0.221 e. The van der Waals surface area contributed by atoms with Crippen LogP contribution in [0.4, 0.5) is 5.69 Å². The first kappa shape index (κ1) is 9.71. The van der Waals surface area contributed by atoms with Crippen LogP contribution in [0.1, 0.15) is 6.92 Å². The number of pyridine rings is 1. The Labute approximate surface area is 96.2 Å². The molecule has 0 bridgehead atoms. The lowest BCUT2D eigenvalue weighted by molar-refractivity contribution is -0.114. The van der Waals surface area contributed by atoms with Crippen LogP contribution in [0.25, 0.3) is 16.6 Å². The maximum absolute atomic E-state index is 11.2. The third-order valence-corrected chi connectivity index (χ3v) is 2.50. The molecule has 84 valence electrons. The molecule has 0 saturated heterocycles. The van der Waals surface area contributed by atoms with Gasteiger partial charge in [0.1, 0.15) is 0 Å². The largest absolute Gasteiger partial charge is 0.324 e. The zero-order valence-electron chi connectivity index (χ0n) is 9.08. The summed E-state index contributed by atoms with van der Waals surface area (Å²) in [4.78, 5) is 11.2. The van der Waals surface area contributed by atoms with Crippen molar-refractivity contribution in [3.8, 4) is 0 Å². The molecule has 1 N–H and O–H groups in total. The zero-order valence-corrected chi connectivity index (χ0v) is 9.08. The van der Waals surface area contributed by atoms with Gasteiger partial charge in [-0.25, -0.2) is 0 Å². The summed E-state index contributed by atoms with van der Waals surface area (Å²) >= 11 is 0. The van der Waals surface area contributed by atoms with Gasteiger partial charge < -0.3 is 5.32 Å². The van der Waals surface area contributed by atoms with Gasteiger partial charge in [0.15, 0.2) is 5.65 Å². The Morgan fingerprint density at radius 2 is 2.18 bits per heavy atom. The van der Waals surface area contributed by atoms with Crippen LogP contribution in [-0.2, 0) is 4.79 Å². The Morgan fingerprint density at radius 3 is 3.00 bits per heavy atom. The molecule has 1 amide bonds.